The van der Waals surface area contributed by atoms with Gasteiger partial charge < -0.3 is 14.5 Å². The lowest BCUT2D eigenvalue weighted by Gasteiger charge is -2.38. The van der Waals surface area contributed by atoms with Crippen LogP contribution >= 0.6 is 6.34 Å². The summed E-state index contributed by atoms with van der Waals surface area (Å²) in [7, 11) is 3.48. The fourth-order valence-corrected chi connectivity index (χ4v) is 7.64. The molecule has 5 rings (SSSR count). The number of nitrogens with one attached hydrogen (secondary N) is 1. The average molecular weight is 492 g/mol. The van der Waals surface area contributed by atoms with Crippen molar-refractivity contribution in [2.24, 2.45) is 4.99 Å². The molecule has 1 aromatic heterocycles. The number of rotatable bonds is 5. The van der Waals surface area contributed by atoms with E-state index in [0.29, 0.717) is 23.0 Å². The largest absolute Gasteiger partial charge is 0.495 e. The van der Waals surface area contributed by atoms with Crippen LogP contribution < -0.4 is 15.1 Å². The van der Waals surface area contributed by atoms with Gasteiger partial charge in [0.1, 0.15) is 17.4 Å². The number of methoxy groups -OCH3 is 1. The Morgan fingerprint density at radius 2 is 1.65 bits per heavy atom. The molecule has 6 nitrogen and oxygen atoms in total. The van der Waals surface area contributed by atoms with Crippen molar-refractivity contribution in [2.75, 3.05) is 19.2 Å². The predicted molar refractivity (Wildman–Crippen MR) is 139 cm³/mol. The lowest BCUT2D eigenvalue weighted by molar-refractivity contribution is 0.417. The molecule has 0 aliphatic carbocycles. The van der Waals surface area contributed by atoms with Gasteiger partial charge in [-0.2, -0.15) is 5.10 Å². The van der Waals surface area contributed by atoms with Gasteiger partial charge in [0.15, 0.2) is 12.2 Å². The molecule has 1 N–H and O–H groups in total. The van der Waals surface area contributed by atoms with E-state index in [1.807, 2.05) is 73.2 Å². The number of aliphatic imine (C=N–C) groups is 1. The van der Waals surface area contributed by atoms with Crippen molar-refractivity contribution < 1.29 is 9.13 Å². The minimum absolute atomic E-state index is 0.363. The highest BCUT2D eigenvalue weighted by Crippen LogP contribution is 2.55. The van der Waals surface area contributed by atoms with Crippen LogP contribution in [0.3, 0.4) is 0 Å². The zero-order chi connectivity index (χ0) is 23.9. The maximum atomic E-state index is 15.0. The van der Waals surface area contributed by atoms with Crippen molar-refractivity contribution in [1.82, 2.24) is 14.5 Å². The molecule has 34 heavy (non-hydrogen) atoms. The first kappa shape index (κ1) is 22.3. The number of hydrogen-bond donors (Lipinski definition) is 1. The van der Waals surface area contributed by atoms with Crippen molar-refractivity contribution in [2.45, 2.75) is 6.92 Å². The van der Waals surface area contributed by atoms with Crippen LogP contribution in [0.1, 0.15) is 11.3 Å². The Bertz CT molecular complexity index is 1450. The topological polar surface area (TPSA) is 54.7 Å². The van der Waals surface area contributed by atoms with Gasteiger partial charge in [0.2, 0.25) is 0 Å². The number of benzene rings is 3. The van der Waals surface area contributed by atoms with E-state index in [1.165, 1.54) is 6.07 Å². The standard InChI is InChI=1S/C25H23FN5OPS/c1-17-23-25(31(28-17)18-11-5-4-6-12-18)27-24(19-13-7-8-14-20(19)26)30(2)33(23,34)29-21-15-9-10-16-22(21)32-3/h4-16H,1-3H3,(H,29,34). The molecule has 0 radical (unpaired) electrons. The highest BCUT2D eigenvalue weighted by molar-refractivity contribution is 8.18. The molecule has 3 aromatic carbocycles. The summed E-state index contributed by atoms with van der Waals surface area (Å²) in [6, 6.07) is 24.0. The lowest BCUT2D eigenvalue weighted by Crippen LogP contribution is -2.36. The second kappa shape index (κ2) is 8.70. The number of aromatic nitrogens is 2. The van der Waals surface area contributed by atoms with Crippen LogP contribution in [0.15, 0.2) is 83.9 Å². The number of ether oxygens (including phenoxy) is 1. The summed E-state index contributed by atoms with van der Waals surface area (Å²) in [5.74, 6) is 1.36. The average Bonchev–Trinajstić information content (AvgIpc) is 3.19. The summed E-state index contributed by atoms with van der Waals surface area (Å²) in [5, 5.41) is 9.22. The molecule has 1 unspecified atom stereocenters. The molecule has 4 aromatic rings. The predicted octanol–water partition coefficient (Wildman–Crippen LogP) is 5.40. The highest BCUT2D eigenvalue weighted by Gasteiger charge is 2.40. The fourth-order valence-electron chi connectivity index (χ4n) is 4.08. The number of para-hydroxylation sites is 3. The van der Waals surface area contributed by atoms with E-state index in [-0.39, 0.29) is 5.82 Å². The third-order valence-corrected chi connectivity index (χ3v) is 10.0. The van der Waals surface area contributed by atoms with Crippen LogP contribution in [-0.2, 0) is 11.8 Å². The van der Waals surface area contributed by atoms with Crippen molar-refractivity contribution in [3.05, 3.63) is 95.9 Å². The number of anilines is 1. The Morgan fingerprint density at radius 3 is 2.38 bits per heavy atom. The van der Waals surface area contributed by atoms with E-state index in [4.69, 9.17) is 26.6 Å². The Morgan fingerprint density at radius 1 is 0.971 bits per heavy atom. The number of halogens is 1. The Hall–Kier alpha value is -3.48. The fraction of sp³-hybridized carbons (Fsp3) is 0.120. The molecule has 0 fully saturated rings. The summed E-state index contributed by atoms with van der Waals surface area (Å²) in [6.07, 6.45) is -2.78. The minimum atomic E-state index is -2.78. The second-order valence-corrected chi connectivity index (χ2v) is 11.8. The smallest absolute Gasteiger partial charge is 0.170 e. The van der Waals surface area contributed by atoms with Gasteiger partial charge in [0.25, 0.3) is 0 Å². The van der Waals surface area contributed by atoms with Gasteiger partial charge in [-0.25, -0.2) is 14.1 Å². The first-order valence-corrected chi connectivity index (χ1v) is 13.4. The van der Waals surface area contributed by atoms with Gasteiger partial charge in [-0.1, -0.05) is 42.5 Å². The molecule has 9 heteroatoms. The van der Waals surface area contributed by atoms with E-state index in [1.54, 1.807) is 30.0 Å². The van der Waals surface area contributed by atoms with Gasteiger partial charge >= 0.3 is 0 Å². The summed E-state index contributed by atoms with van der Waals surface area (Å²) >= 11 is 6.41. The van der Waals surface area contributed by atoms with Crippen molar-refractivity contribution in [1.29, 1.82) is 0 Å². The zero-order valence-corrected chi connectivity index (χ0v) is 20.6. The van der Waals surface area contributed by atoms with E-state index in [2.05, 4.69) is 5.09 Å². The Kier molecular flexibility index (Phi) is 5.71. The Labute approximate surface area is 202 Å². The molecule has 2 heterocycles. The van der Waals surface area contributed by atoms with Crippen molar-refractivity contribution in [3.8, 4) is 11.4 Å². The summed E-state index contributed by atoms with van der Waals surface area (Å²) in [6.45, 7) is 1.93. The number of fused-ring (bicyclic) bond motifs is 1. The Balaban J connectivity index is 1.78. The normalized spacial score (nSPS) is 17.2. The molecule has 0 saturated carbocycles. The van der Waals surface area contributed by atoms with E-state index in [0.717, 1.165) is 22.4 Å². The maximum absolute atomic E-state index is 15.0. The van der Waals surface area contributed by atoms with E-state index >= 15 is 0 Å². The minimum Gasteiger partial charge on any atom is -0.495 e. The molecule has 0 amide bonds. The lowest BCUT2D eigenvalue weighted by atomic mass is 10.2. The van der Waals surface area contributed by atoms with E-state index < -0.39 is 6.34 Å². The third kappa shape index (κ3) is 3.59. The monoisotopic (exact) mass is 491 g/mol. The highest BCUT2D eigenvalue weighted by atomic mass is 32.4. The van der Waals surface area contributed by atoms with Crippen molar-refractivity contribution >= 4 is 40.8 Å². The molecule has 0 bridgehead atoms. The second-order valence-electron chi connectivity index (χ2n) is 7.83. The SMILES string of the molecule is COc1ccccc1NP1(=S)c2c(C)nn(-c3ccccc3)c2N=C(c2ccccc2F)N1C. The zero-order valence-electron chi connectivity index (χ0n) is 18.9. The number of nitrogens with zero attached hydrogens (tertiary/aromatic N) is 4. The summed E-state index contributed by atoms with van der Waals surface area (Å²) < 4.78 is 24.2. The van der Waals surface area contributed by atoms with Gasteiger partial charge in [-0.05, 0) is 55.1 Å². The molecule has 1 aliphatic rings. The molecule has 0 spiro atoms. The number of amidine groups is 1. The van der Waals surface area contributed by atoms with Crippen LogP contribution in [0, 0.1) is 12.7 Å². The van der Waals surface area contributed by atoms with Crippen LogP contribution in [0.5, 0.6) is 5.75 Å². The van der Waals surface area contributed by atoms with Crippen LogP contribution in [0.4, 0.5) is 15.9 Å². The quantitative estimate of drug-likeness (QED) is 0.379. The van der Waals surface area contributed by atoms with Gasteiger partial charge in [-0.15, -0.1) is 0 Å². The summed E-state index contributed by atoms with van der Waals surface area (Å²) in [5.41, 5.74) is 2.76. The van der Waals surface area contributed by atoms with Gasteiger partial charge in [-0.3, -0.25) is 0 Å². The molecule has 172 valence electrons. The molecule has 1 atom stereocenters. The molecular formula is C25H23FN5OPS. The third-order valence-electron chi connectivity index (χ3n) is 5.74. The van der Waals surface area contributed by atoms with Gasteiger partial charge in [0.05, 0.1) is 35.0 Å². The first-order chi connectivity index (χ1) is 16.4. The summed E-state index contributed by atoms with van der Waals surface area (Å²) in [4.78, 5) is 4.93. The number of aryl methyl sites for hydroxylation is 1. The van der Waals surface area contributed by atoms with Crippen molar-refractivity contribution in [3.63, 3.8) is 0 Å². The van der Waals surface area contributed by atoms with E-state index in [9.17, 15) is 4.39 Å². The van der Waals surface area contributed by atoms with Crippen LogP contribution in [-0.4, -0.2) is 34.4 Å². The number of hydrogen-bond acceptors (Lipinski definition) is 4. The molecular weight excluding hydrogens is 468 g/mol. The molecule has 0 saturated heterocycles. The van der Waals surface area contributed by atoms with Crippen LogP contribution in [0.25, 0.3) is 5.69 Å². The molecule has 1 aliphatic heterocycles. The van der Waals surface area contributed by atoms with Crippen LogP contribution in [0.2, 0.25) is 0 Å². The van der Waals surface area contributed by atoms with Gasteiger partial charge in [0, 0.05) is 7.05 Å². The first-order valence-electron chi connectivity index (χ1n) is 10.7. The maximum Gasteiger partial charge on any atom is 0.170 e.